The molecule has 0 saturated heterocycles. The van der Waals surface area contributed by atoms with E-state index in [1.165, 1.54) is 0 Å². The Hall–Kier alpha value is -0.765. The number of hydrogen-bond acceptors (Lipinski definition) is 3. The summed E-state index contributed by atoms with van der Waals surface area (Å²) in [7, 11) is 5.36. The van der Waals surface area contributed by atoms with Crippen molar-refractivity contribution in [3.8, 4) is 0 Å². The molecule has 1 N–H and O–H groups in total. The fourth-order valence-corrected chi connectivity index (χ4v) is 0.608. The third-order valence-electron chi connectivity index (χ3n) is 1.21. The average Bonchev–Trinajstić information content (AvgIpc) is 2.13. The summed E-state index contributed by atoms with van der Waals surface area (Å²) in [4.78, 5) is 3.77. The Bertz CT molecular complexity index is 212. The molecule has 1 heterocycles. The molecule has 1 unspecified atom stereocenters. The summed E-state index contributed by atoms with van der Waals surface area (Å²) in [6.07, 6.45) is -0.684. The molecule has 1 aromatic rings. The van der Waals surface area contributed by atoms with E-state index in [-0.39, 0.29) is 5.89 Å². The molecule has 0 saturated carbocycles. The van der Waals surface area contributed by atoms with E-state index < -0.39 is 6.10 Å². The third-order valence-corrected chi connectivity index (χ3v) is 1.21. The van der Waals surface area contributed by atoms with E-state index in [1.807, 2.05) is 0 Å². The molecule has 0 fully saturated rings. The smallest absolute Gasteiger partial charge is 0.222 e. The number of oxazole rings is 1. The van der Waals surface area contributed by atoms with Crippen LogP contribution in [-0.2, 0) is 0 Å². The first-order valence-corrected chi connectivity index (χ1v) is 3.02. The van der Waals surface area contributed by atoms with Gasteiger partial charge in [0, 0.05) is 5.59 Å². The van der Waals surface area contributed by atoms with Crippen LogP contribution < -0.4 is 5.59 Å². The first-order valence-electron chi connectivity index (χ1n) is 3.02. The Morgan fingerprint density at radius 3 is 2.50 bits per heavy atom. The van der Waals surface area contributed by atoms with Crippen molar-refractivity contribution < 1.29 is 9.52 Å². The van der Waals surface area contributed by atoms with Crippen LogP contribution in [-0.4, -0.2) is 17.9 Å². The summed E-state index contributed by atoms with van der Waals surface area (Å²) in [5.41, 5.74) is 0.343. The molecule has 3 nitrogen and oxygen atoms in total. The number of rotatable bonds is 1. The Labute approximate surface area is 60.5 Å². The Morgan fingerprint density at radius 1 is 1.70 bits per heavy atom. The monoisotopic (exact) mass is 137 g/mol. The standard InChI is InChI=1S/C6H8BNO2/c1-3(9)6-8-5(7)4(2)10-6/h3,9H,1-2H3. The SMILES string of the molecule is [B]c1nc(C(C)O)oc1C. The second-order valence-electron chi connectivity index (χ2n) is 2.17. The second kappa shape index (κ2) is 2.46. The van der Waals surface area contributed by atoms with Crippen molar-refractivity contribution in [2.24, 2.45) is 0 Å². The fourth-order valence-electron chi connectivity index (χ4n) is 0.608. The van der Waals surface area contributed by atoms with Crippen LogP contribution >= 0.6 is 0 Å². The summed E-state index contributed by atoms with van der Waals surface area (Å²) >= 11 is 0. The van der Waals surface area contributed by atoms with Gasteiger partial charge in [-0.15, -0.1) is 0 Å². The van der Waals surface area contributed by atoms with Gasteiger partial charge < -0.3 is 9.52 Å². The molecule has 0 aromatic carbocycles. The number of aromatic nitrogens is 1. The van der Waals surface area contributed by atoms with Gasteiger partial charge in [-0.1, -0.05) is 0 Å². The van der Waals surface area contributed by atoms with Crippen molar-refractivity contribution in [3.05, 3.63) is 11.7 Å². The Morgan fingerprint density at radius 2 is 2.30 bits per heavy atom. The van der Waals surface area contributed by atoms with Crippen molar-refractivity contribution in [2.75, 3.05) is 0 Å². The quantitative estimate of drug-likeness (QED) is 0.546. The average molecular weight is 137 g/mol. The highest BCUT2D eigenvalue weighted by atomic mass is 16.4. The maximum absolute atomic E-state index is 8.95. The normalized spacial score (nSPS) is 13.5. The van der Waals surface area contributed by atoms with E-state index in [9.17, 15) is 0 Å². The lowest BCUT2D eigenvalue weighted by atomic mass is 10.0. The highest BCUT2D eigenvalue weighted by Crippen LogP contribution is 2.08. The summed E-state index contributed by atoms with van der Waals surface area (Å²) in [6.45, 7) is 3.28. The highest BCUT2D eigenvalue weighted by Gasteiger charge is 2.08. The van der Waals surface area contributed by atoms with Crippen LogP contribution in [0, 0.1) is 6.92 Å². The van der Waals surface area contributed by atoms with E-state index in [0.29, 0.717) is 11.4 Å². The number of hydrogen-bond donors (Lipinski definition) is 1. The van der Waals surface area contributed by atoms with Crippen molar-refractivity contribution in [2.45, 2.75) is 20.0 Å². The van der Waals surface area contributed by atoms with E-state index >= 15 is 0 Å². The maximum atomic E-state index is 8.95. The molecular weight excluding hydrogens is 129 g/mol. The lowest BCUT2D eigenvalue weighted by Crippen LogP contribution is -2.06. The maximum Gasteiger partial charge on any atom is 0.222 e. The van der Waals surface area contributed by atoms with Gasteiger partial charge in [0.15, 0.2) is 0 Å². The Balaban J connectivity index is 2.98. The summed E-state index contributed by atoms with van der Waals surface area (Å²) in [5.74, 6) is 0.825. The van der Waals surface area contributed by atoms with Crippen molar-refractivity contribution in [1.82, 2.24) is 4.98 Å². The minimum atomic E-state index is -0.684. The van der Waals surface area contributed by atoms with Crippen LogP contribution in [0.25, 0.3) is 0 Å². The molecule has 0 amide bonds. The van der Waals surface area contributed by atoms with E-state index in [0.717, 1.165) is 0 Å². The number of aliphatic hydroxyl groups excluding tert-OH is 1. The second-order valence-corrected chi connectivity index (χ2v) is 2.17. The Kier molecular flexibility index (Phi) is 1.81. The molecular formula is C6H8BNO2. The van der Waals surface area contributed by atoms with Gasteiger partial charge in [-0.2, -0.15) is 0 Å². The van der Waals surface area contributed by atoms with Gasteiger partial charge in [-0.25, -0.2) is 4.98 Å². The molecule has 0 aliphatic rings. The molecule has 0 spiro atoms. The van der Waals surface area contributed by atoms with Crippen LogP contribution in [0.5, 0.6) is 0 Å². The van der Waals surface area contributed by atoms with Crippen LogP contribution in [0.2, 0.25) is 0 Å². The van der Waals surface area contributed by atoms with E-state index in [1.54, 1.807) is 13.8 Å². The van der Waals surface area contributed by atoms with Crippen LogP contribution in [0.3, 0.4) is 0 Å². The van der Waals surface area contributed by atoms with E-state index in [2.05, 4.69) is 4.98 Å². The minimum Gasteiger partial charge on any atom is -0.444 e. The molecule has 52 valence electrons. The van der Waals surface area contributed by atoms with Crippen LogP contribution in [0.4, 0.5) is 0 Å². The van der Waals surface area contributed by atoms with E-state index in [4.69, 9.17) is 17.4 Å². The molecule has 4 heteroatoms. The molecule has 2 radical (unpaired) electrons. The largest absolute Gasteiger partial charge is 0.444 e. The first-order chi connectivity index (χ1) is 4.61. The molecule has 0 aliphatic heterocycles. The van der Waals surface area contributed by atoms with Crippen molar-refractivity contribution in [3.63, 3.8) is 0 Å². The highest BCUT2D eigenvalue weighted by molar-refractivity contribution is 6.31. The van der Waals surface area contributed by atoms with Gasteiger partial charge in [-0.3, -0.25) is 0 Å². The zero-order chi connectivity index (χ0) is 7.72. The fraction of sp³-hybridized carbons (Fsp3) is 0.500. The predicted molar refractivity (Wildman–Crippen MR) is 37.3 cm³/mol. The lowest BCUT2D eigenvalue weighted by Gasteiger charge is -1.93. The van der Waals surface area contributed by atoms with Gasteiger partial charge >= 0.3 is 0 Å². The zero-order valence-electron chi connectivity index (χ0n) is 5.96. The molecule has 0 bridgehead atoms. The summed E-state index contributed by atoms with van der Waals surface area (Å²) in [6, 6.07) is 0. The summed E-state index contributed by atoms with van der Waals surface area (Å²) < 4.78 is 4.99. The van der Waals surface area contributed by atoms with Gasteiger partial charge in [0.2, 0.25) is 5.89 Å². The van der Waals surface area contributed by atoms with Crippen LogP contribution in [0.1, 0.15) is 24.7 Å². The van der Waals surface area contributed by atoms with Gasteiger partial charge in [0.05, 0.1) is 0 Å². The molecule has 10 heavy (non-hydrogen) atoms. The topological polar surface area (TPSA) is 46.3 Å². The first kappa shape index (κ1) is 7.34. The molecule has 1 aromatic heterocycles. The number of aliphatic hydroxyl groups is 1. The lowest BCUT2D eigenvalue weighted by molar-refractivity contribution is 0.161. The van der Waals surface area contributed by atoms with Gasteiger partial charge in [0.1, 0.15) is 19.7 Å². The molecule has 1 atom stereocenters. The zero-order valence-corrected chi connectivity index (χ0v) is 5.96. The third kappa shape index (κ3) is 1.21. The van der Waals surface area contributed by atoms with Crippen molar-refractivity contribution in [1.29, 1.82) is 0 Å². The van der Waals surface area contributed by atoms with Gasteiger partial charge in [-0.05, 0) is 13.8 Å². The van der Waals surface area contributed by atoms with Crippen LogP contribution in [0.15, 0.2) is 4.42 Å². The predicted octanol–water partition coefficient (Wildman–Crippen LogP) is -0.170. The molecule has 1 rings (SSSR count). The summed E-state index contributed by atoms with van der Waals surface area (Å²) in [5, 5.41) is 8.95. The molecule has 0 aliphatic carbocycles. The minimum absolute atomic E-state index is 0.273. The number of nitrogens with zero attached hydrogens (tertiary/aromatic N) is 1. The van der Waals surface area contributed by atoms with Crippen molar-refractivity contribution >= 4 is 13.4 Å². The van der Waals surface area contributed by atoms with Gasteiger partial charge in [0.25, 0.3) is 0 Å². The number of aryl methyl sites for hydroxylation is 1.